The van der Waals surface area contributed by atoms with Crippen LogP contribution in [0.3, 0.4) is 0 Å². The van der Waals surface area contributed by atoms with Crippen LogP contribution in [-0.2, 0) is 105 Å². The van der Waals surface area contributed by atoms with Crippen molar-refractivity contribution in [2.75, 3.05) is 19.8 Å². The number of aliphatic hydroxyl groups is 1. The summed E-state index contributed by atoms with van der Waals surface area (Å²) in [6, 6.07) is 0. The van der Waals surface area contributed by atoms with Gasteiger partial charge in [0.25, 0.3) is 0 Å². The predicted molar refractivity (Wildman–Crippen MR) is 457 cm³/mol. The third-order valence-electron chi connectivity index (χ3n) is 33.8. The highest BCUT2D eigenvalue weighted by atomic mass is 16.6. The topological polar surface area (TPSA) is 310 Å². The average molecular weight is 1720 g/mol. The van der Waals surface area contributed by atoms with Crippen molar-refractivity contribution in [3.8, 4) is 0 Å². The quantitative estimate of drug-likeness (QED) is 0.0564. The minimum absolute atomic E-state index is 0.0376. The van der Waals surface area contributed by atoms with E-state index in [1.165, 1.54) is 44.9 Å². The van der Waals surface area contributed by atoms with Crippen LogP contribution in [0.15, 0.2) is 0 Å². The van der Waals surface area contributed by atoms with Crippen molar-refractivity contribution in [3.63, 3.8) is 0 Å². The molecule has 0 amide bonds. The number of carbonyl (C=O) groups is 11. The van der Waals surface area contributed by atoms with Crippen molar-refractivity contribution in [2.24, 2.45) is 133 Å². The lowest BCUT2D eigenvalue weighted by atomic mass is 9.52. The molecule has 13 saturated carbocycles. The van der Waals surface area contributed by atoms with E-state index in [9.17, 15) is 57.8 Å². The summed E-state index contributed by atoms with van der Waals surface area (Å²) in [7, 11) is 0. The van der Waals surface area contributed by atoms with Crippen molar-refractivity contribution in [1.82, 2.24) is 0 Å². The smallest absolute Gasteiger partial charge is 0.347 e. The SMILES string of the molecule is CC(C)C(C)(C)C(=O)OCC(=O)OC1CC2CC1CC21CC(C)(C)OC1=O.CCC(C)(C)C(=O)OC1(C(C)C)CC2CC1C1C3CCC(C3)C21.CCC(C)(C)C(=O)OC1(C)CCCC1.CCC(C)(C)C(=O)OC12CC3CC(CC(O)(C3)C1)C2.CCC(C)(C)C(=O)OC1CCOC1=O.CCC(C)(C)C(=O)OCC(=O)OC1CC2CC1C1C2C(=O)OC1(C)C. The third kappa shape index (κ3) is 20.6. The first-order chi connectivity index (χ1) is 56.4. The summed E-state index contributed by atoms with van der Waals surface area (Å²) in [5.41, 5.74) is -5.44. The number of fused-ring (bicyclic) bond motifs is 17. The normalized spacial score (nSPS) is 35.5. The molecule has 3 aliphatic heterocycles. The van der Waals surface area contributed by atoms with Crippen LogP contribution in [-0.4, -0.2) is 143 Å². The van der Waals surface area contributed by atoms with Gasteiger partial charge in [0.05, 0.1) is 56.0 Å². The summed E-state index contributed by atoms with van der Waals surface area (Å²) >= 11 is 0. The van der Waals surface area contributed by atoms with Gasteiger partial charge in [0.2, 0.25) is 6.10 Å². The highest BCUT2D eigenvalue weighted by Gasteiger charge is 2.71. The summed E-state index contributed by atoms with van der Waals surface area (Å²) in [6.07, 6.45) is 24.8. The second-order valence-corrected chi connectivity index (χ2v) is 46.3. The van der Waals surface area contributed by atoms with E-state index in [4.69, 9.17) is 52.1 Å². The van der Waals surface area contributed by atoms with E-state index < -0.39 is 79.8 Å². The maximum absolute atomic E-state index is 12.9. The fourth-order valence-corrected chi connectivity index (χ4v) is 24.2. The summed E-state index contributed by atoms with van der Waals surface area (Å²) in [4.78, 5) is 133. The Kier molecular flexibility index (Phi) is 29.3. The maximum atomic E-state index is 12.9. The standard InChI is InChI=1S/C21H32O6.C21H34O2.C19H28O6.C16H26O3.C12H22O2.C10H16O4/c1-12(2)20(5,6)17(23)25-10-16(22)26-15-8-14-7-13(15)9-21(14)11-19(3,4)27-18(21)24;1-6-20(4,5)19(22)23-21(12(2)3)11-15-10-16(21)18-14-8-7-13(9-14)17(15)18;1-6-18(2,3)17(22)23-9-13(20)24-12-8-10-7-11(12)15-14(10)16(21)25-19(15,4)5;1-4-14(2,3)13(17)19-16-8-11-5-12(9-16)7-15(18,6-11)10-16;1-5-11(2,3)10(13)14-12(4)8-6-7-9-12;1-4-10(2,3)9(12)14-7-5-6-13-8(7)11/h12-15H,7-11H2,1-6H3;12-18H,6-11H2,1-5H3;10-12,14-15H,6-9H2,1-5H3;11-12,18H,4-10H2,1-3H3;5-9H2,1-4H3;7H,4-6H2,1-3H3. The molecule has 692 valence electrons. The average Bonchev–Trinajstić information content (AvgIpc) is 1.55. The van der Waals surface area contributed by atoms with E-state index in [2.05, 4.69) is 27.7 Å². The number of hydrogen-bond donors (Lipinski definition) is 1. The lowest BCUT2D eigenvalue weighted by molar-refractivity contribution is -0.225. The molecular weight excluding hydrogens is 1560 g/mol. The Morgan fingerprint density at radius 2 is 1.00 bits per heavy atom. The molecule has 3 saturated heterocycles. The maximum Gasteiger partial charge on any atom is 0.347 e. The lowest BCUT2D eigenvalue weighted by Crippen LogP contribution is -2.61. The molecular formula is C99H158O23. The summed E-state index contributed by atoms with van der Waals surface area (Å²) in [5, 5.41) is 10.6. The van der Waals surface area contributed by atoms with Crippen LogP contribution in [0, 0.1) is 133 Å². The van der Waals surface area contributed by atoms with E-state index in [0.29, 0.717) is 68.8 Å². The number of carbonyl (C=O) groups excluding carboxylic acids is 11. The largest absolute Gasteiger partial charge is 0.463 e. The molecule has 12 bridgehead atoms. The van der Waals surface area contributed by atoms with Crippen LogP contribution in [0.1, 0.15) is 353 Å². The molecule has 23 nitrogen and oxygen atoms in total. The molecule has 19 atom stereocenters. The lowest BCUT2D eigenvalue weighted by Gasteiger charge is -2.59. The highest BCUT2D eigenvalue weighted by Crippen LogP contribution is 2.72. The van der Waals surface area contributed by atoms with Crippen LogP contribution in [0.25, 0.3) is 0 Å². The molecule has 1 N–H and O–H groups in total. The molecule has 23 heteroatoms. The molecule has 3 heterocycles. The first-order valence-corrected chi connectivity index (χ1v) is 47.4. The molecule has 0 aromatic heterocycles. The van der Waals surface area contributed by atoms with Gasteiger partial charge in [-0.1, -0.05) is 62.3 Å². The predicted octanol–water partition coefficient (Wildman–Crippen LogP) is 18.4. The van der Waals surface area contributed by atoms with Gasteiger partial charge in [-0.2, -0.15) is 0 Å². The minimum atomic E-state index is -0.687. The minimum Gasteiger partial charge on any atom is -0.463 e. The third-order valence-corrected chi connectivity index (χ3v) is 33.8. The van der Waals surface area contributed by atoms with Gasteiger partial charge in [-0.15, -0.1) is 0 Å². The van der Waals surface area contributed by atoms with Gasteiger partial charge in [0.1, 0.15) is 40.2 Å². The van der Waals surface area contributed by atoms with Gasteiger partial charge in [-0.3, -0.25) is 38.4 Å². The van der Waals surface area contributed by atoms with E-state index in [1.807, 2.05) is 125 Å². The molecule has 122 heavy (non-hydrogen) atoms. The van der Waals surface area contributed by atoms with Gasteiger partial charge in [-0.05, 0) is 343 Å². The number of esters is 11. The van der Waals surface area contributed by atoms with Gasteiger partial charge in [0.15, 0.2) is 13.2 Å². The fourth-order valence-electron chi connectivity index (χ4n) is 24.2. The van der Waals surface area contributed by atoms with Crippen molar-refractivity contribution >= 4 is 65.7 Å². The summed E-state index contributed by atoms with van der Waals surface area (Å²) in [5.74, 6) is 4.89. The van der Waals surface area contributed by atoms with Crippen molar-refractivity contribution in [2.45, 2.75) is 405 Å². The zero-order chi connectivity index (χ0) is 90.8. The van der Waals surface area contributed by atoms with Crippen LogP contribution >= 0.6 is 0 Å². The number of rotatable bonds is 23. The summed E-state index contributed by atoms with van der Waals surface area (Å²) in [6.45, 7) is 50.6. The summed E-state index contributed by atoms with van der Waals surface area (Å²) < 4.78 is 60.3. The van der Waals surface area contributed by atoms with Crippen molar-refractivity contribution in [3.05, 3.63) is 0 Å². The Bertz CT molecular complexity index is 3810. The molecule has 19 unspecified atom stereocenters. The second-order valence-electron chi connectivity index (χ2n) is 46.3. The fraction of sp³-hybridized carbons (Fsp3) is 0.889. The Morgan fingerprint density at radius 1 is 0.484 bits per heavy atom. The molecule has 16 rings (SSSR count). The van der Waals surface area contributed by atoms with E-state index in [1.54, 1.807) is 27.7 Å². The monoisotopic (exact) mass is 1720 g/mol. The van der Waals surface area contributed by atoms with E-state index in [-0.39, 0.29) is 130 Å². The molecule has 16 aliphatic rings. The van der Waals surface area contributed by atoms with Crippen LogP contribution < -0.4 is 0 Å². The van der Waals surface area contributed by atoms with Crippen molar-refractivity contribution in [1.29, 1.82) is 0 Å². The number of cyclic esters (lactones) is 3. The van der Waals surface area contributed by atoms with Crippen molar-refractivity contribution < 1.29 is 110 Å². The second kappa shape index (κ2) is 36.3. The van der Waals surface area contributed by atoms with E-state index >= 15 is 0 Å². The first kappa shape index (κ1) is 98.3. The molecule has 1 spiro atoms. The van der Waals surface area contributed by atoms with Gasteiger partial charge >= 0.3 is 65.7 Å². The number of ether oxygens (including phenoxy) is 11. The van der Waals surface area contributed by atoms with Crippen LogP contribution in [0.2, 0.25) is 0 Å². The Hall–Kier alpha value is -5.87. The highest BCUT2D eigenvalue weighted by molar-refractivity contribution is 5.84. The molecule has 16 fully saturated rings. The van der Waals surface area contributed by atoms with Crippen LogP contribution in [0.5, 0.6) is 0 Å². The molecule has 13 aliphatic carbocycles. The zero-order valence-corrected chi connectivity index (χ0v) is 79.6. The van der Waals surface area contributed by atoms with Crippen LogP contribution in [0.4, 0.5) is 0 Å². The first-order valence-electron chi connectivity index (χ1n) is 47.4. The Labute approximate surface area is 729 Å². The van der Waals surface area contributed by atoms with Gasteiger partial charge in [0, 0.05) is 37.0 Å². The molecule has 0 radical (unpaired) electrons. The van der Waals surface area contributed by atoms with Gasteiger partial charge < -0.3 is 57.2 Å². The van der Waals surface area contributed by atoms with E-state index in [0.717, 1.165) is 119 Å². The number of hydrogen-bond acceptors (Lipinski definition) is 23. The Balaban J connectivity index is 0.000000156. The Morgan fingerprint density at radius 3 is 1.49 bits per heavy atom. The molecule has 0 aromatic rings. The zero-order valence-electron chi connectivity index (χ0n) is 79.6. The molecule has 0 aromatic carbocycles. The van der Waals surface area contributed by atoms with Gasteiger partial charge in [-0.25, -0.2) is 14.4 Å².